The molecule has 3 aromatic rings. The molecule has 27 heavy (non-hydrogen) atoms. The van der Waals surface area contributed by atoms with Gasteiger partial charge in [-0.15, -0.1) is 0 Å². The van der Waals surface area contributed by atoms with Crippen LogP contribution in [0.2, 0.25) is 0 Å². The summed E-state index contributed by atoms with van der Waals surface area (Å²) in [4.78, 5) is 26.0. The Balaban J connectivity index is 1.60. The zero-order valence-corrected chi connectivity index (χ0v) is 15.3. The molecule has 0 unspecified atom stereocenters. The quantitative estimate of drug-likeness (QED) is 0.726. The summed E-state index contributed by atoms with van der Waals surface area (Å²) in [5.41, 5.74) is 2.43. The number of likely N-dealkylation sites (tertiary alicyclic amines) is 1. The third-order valence-electron chi connectivity index (χ3n) is 4.90. The first-order valence-corrected chi connectivity index (χ1v) is 9.00. The molecule has 9 heteroatoms. The van der Waals surface area contributed by atoms with Crippen LogP contribution in [0, 0.1) is 13.8 Å². The number of carboxylic acid groups (broad SMARTS) is 1. The van der Waals surface area contributed by atoms with Crippen molar-refractivity contribution in [2.24, 2.45) is 0 Å². The second kappa shape index (κ2) is 6.90. The fourth-order valence-corrected chi connectivity index (χ4v) is 3.48. The number of anilines is 1. The number of nitrogens with zero attached hydrogens (tertiary/aromatic N) is 5. The van der Waals surface area contributed by atoms with Gasteiger partial charge in [0.1, 0.15) is 11.3 Å². The molecule has 142 valence electrons. The van der Waals surface area contributed by atoms with Gasteiger partial charge in [0.2, 0.25) is 5.95 Å². The predicted octanol–water partition coefficient (Wildman–Crippen LogP) is 2.64. The van der Waals surface area contributed by atoms with Crippen molar-refractivity contribution in [3.63, 3.8) is 0 Å². The highest BCUT2D eigenvalue weighted by molar-refractivity contribution is 5.74. The van der Waals surface area contributed by atoms with Gasteiger partial charge in [-0.25, -0.2) is 19.7 Å². The highest BCUT2D eigenvalue weighted by Gasteiger charge is 2.24. The summed E-state index contributed by atoms with van der Waals surface area (Å²) < 4.78 is 7.73. The normalized spacial score (nSPS) is 15.4. The number of pyridine rings is 1. The van der Waals surface area contributed by atoms with E-state index in [2.05, 4.69) is 15.3 Å². The number of imidazole rings is 1. The minimum atomic E-state index is -0.860. The minimum Gasteiger partial charge on any atom is -0.465 e. The Bertz CT molecular complexity index is 971. The summed E-state index contributed by atoms with van der Waals surface area (Å²) in [7, 11) is 0. The Hall–Kier alpha value is -3.10. The van der Waals surface area contributed by atoms with Crippen LogP contribution in [0.3, 0.4) is 0 Å². The molecule has 2 N–H and O–H groups in total. The number of hydrogen-bond donors (Lipinski definition) is 2. The van der Waals surface area contributed by atoms with Gasteiger partial charge in [-0.3, -0.25) is 4.57 Å². The van der Waals surface area contributed by atoms with Crippen LogP contribution in [0.1, 0.15) is 30.2 Å². The standard InChI is InChI=1S/C18H22N6O3/c1-11-15(27-12(2)20-11)10-24-16-14(4-3-7-19-16)22-17(24)21-13-5-8-23(9-6-13)18(25)26/h3-4,7,13H,5-6,8-10H2,1-2H3,(H,21,22)(H,25,26). The second-order valence-corrected chi connectivity index (χ2v) is 6.80. The Kier molecular flexibility index (Phi) is 4.43. The van der Waals surface area contributed by atoms with Gasteiger partial charge in [-0.1, -0.05) is 0 Å². The van der Waals surface area contributed by atoms with Gasteiger partial charge in [0, 0.05) is 32.3 Å². The van der Waals surface area contributed by atoms with Crippen LogP contribution in [0.5, 0.6) is 0 Å². The van der Waals surface area contributed by atoms with E-state index in [-0.39, 0.29) is 6.04 Å². The number of aromatic nitrogens is 4. The SMILES string of the molecule is Cc1nc(C)c(Cn2c(NC3CCN(C(=O)O)CC3)nc3cccnc32)o1. The number of hydrogen-bond acceptors (Lipinski definition) is 6. The lowest BCUT2D eigenvalue weighted by Crippen LogP contribution is -2.42. The van der Waals surface area contributed by atoms with Gasteiger partial charge >= 0.3 is 6.09 Å². The average molecular weight is 370 g/mol. The van der Waals surface area contributed by atoms with Crippen LogP contribution in [-0.4, -0.2) is 54.8 Å². The number of fused-ring (bicyclic) bond motifs is 1. The van der Waals surface area contributed by atoms with Crippen molar-refractivity contribution >= 4 is 23.2 Å². The summed E-state index contributed by atoms with van der Waals surface area (Å²) in [6, 6.07) is 3.95. The molecule has 1 aliphatic rings. The Morgan fingerprint density at radius 2 is 2.11 bits per heavy atom. The van der Waals surface area contributed by atoms with Gasteiger partial charge < -0.3 is 19.7 Å². The van der Waals surface area contributed by atoms with Crippen LogP contribution in [0.15, 0.2) is 22.7 Å². The molecule has 0 aliphatic carbocycles. The molecular weight excluding hydrogens is 348 g/mol. The molecule has 3 aromatic heterocycles. The summed E-state index contributed by atoms with van der Waals surface area (Å²) >= 11 is 0. The van der Waals surface area contributed by atoms with E-state index in [0.29, 0.717) is 31.5 Å². The molecule has 1 aliphatic heterocycles. The van der Waals surface area contributed by atoms with E-state index >= 15 is 0 Å². The smallest absolute Gasteiger partial charge is 0.407 e. The number of carbonyl (C=O) groups is 1. The van der Waals surface area contributed by atoms with Crippen molar-refractivity contribution in [2.75, 3.05) is 18.4 Å². The number of aryl methyl sites for hydroxylation is 2. The number of oxazole rings is 1. The minimum absolute atomic E-state index is 0.161. The van der Waals surface area contributed by atoms with Gasteiger partial charge in [-0.05, 0) is 31.9 Å². The fourth-order valence-electron chi connectivity index (χ4n) is 3.48. The average Bonchev–Trinajstić information content (AvgIpc) is 3.15. The second-order valence-electron chi connectivity index (χ2n) is 6.80. The van der Waals surface area contributed by atoms with Crippen molar-refractivity contribution in [3.05, 3.63) is 35.7 Å². The van der Waals surface area contributed by atoms with Crippen molar-refractivity contribution in [3.8, 4) is 0 Å². The van der Waals surface area contributed by atoms with Crippen LogP contribution in [-0.2, 0) is 6.54 Å². The van der Waals surface area contributed by atoms with Gasteiger partial charge in [0.15, 0.2) is 11.5 Å². The molecule has 0 spiro atoms. The lowest BCUT2D eigenvalue weighted by molar-refractivity contribution is 0.133. The Labute approximate surface area is 156 Å². The summed E-state index contributed by atoms with van der Waals surface area (Å²) in [5, 5.41) is 12.6. The van der Waals surface area contributed by atoms with Crippen molar-refractivity contribution in [2.45, 2.75) is 39.3 Å². The topological polar surface area (TPSA) is 109 Å². The van der Waals surface area contributed by atoms with E-state index in [1.165, 1.54) is 4.90 Å². The maximum atomic E-state index is 11.1. The first kappa shape index (κ1) is 17.3. The van der Waals surface area contributed by atoms with E-state index in [9.17, 15) is 4.79 Å². The fraction of sp³-hybridized carbons (Fsp3) is 0.444. The van der Waals surface area contributed by atoms with E-state index in [1.807, 2.05) is 30.5 Å². The van der Waals surface area contributed by atoms with E-state index in [0.717, 1.165) is 35.5 Å². The Morgan fingerprint density at radius 1 is 1.33 bits per heavy atom. The molecular formula is C18H22N6O3. The van der Waals surface area contributed by atoms with Crippen LogP contribution in [0.25, 0.3) is 11.2 Å². The van der Waals surface area contributed by atoms with E-state index in [1.54, 1.807) is 6.20 Å². The zero-order chi connectivity index (χ0) is 19.0. The lowest BCUT2D eigenvalue weighted by Gasteiger charge is -2.30. The summed E-state index contributed by atoms with van der Waals surface area (Å²) in [6.07, 6.45) is 2.36. The highest BCUT2D eigenvalue weighted by atomic mass is 16.4. The monoisotopic (exact) mass is 370 g/mol. The molecule has 9 nitrogen and oxygen atoms in total. The molecule has 4 heterocycles. The third kappa shape index (κ3) is 3.44. The molecule has 0 radical (unpaired) electrons. The van der Waals surface area contributed by atoms with Gasteiger partial charge in [-0.2, -0.15) is 0 Å². The number of rotatable bonds is 4. The molecule has 0 saturated carbocycles. The lowest BCUT2D eigenvalue weighted by atomic mass is 10.1. The van der Waals surface area contributed by atoms with Gasteiger partial charge in [0.05, 0.1) is 12.2 Å². The van der Waals surface area contributed by atoms with E-state index < -0.39 is 6.09 Å². The van der Waals surface area contributed by atoms with Crippen molar-refractivity contribution in [1.29, 1.82) is 0 Å². The number of nitrogens with one attached hydrogen (secondary N) is 1. The first-order valence-electron chi connectivity index (χ1n) is 9.00. The van der Waals surface area contributed by atoms with Gasteiger partial charge in [0.25, 0.3) is 0 Å². The summed E-state index contributed by atoms with van der Waals surface area (Å²) in [5.74, 6) is 2.13. The zero-order valence-electron chi connectivity index (χ0n) is 15.3. The molecule has 1 amide bonds. The first-order chi connectivity index (χ1) is 13.0. The molecule has 4 rings (SSSR count). The van der Waals surface area contributed by atoms with Crippen LogP contribution in [0.4, 0.5) is 10.7 Å². The van der Waals surface area contributed by atoms with E-state index in [4.69, 9.17) is 14.5 Å². The number of piperidine rings is 1. The molecule has 0 atom stereocenters. The predicted molar refractivity (Wildman–Crippen MR) is 98.8 cm³/mol. The summed E-state index contributed by atoms with van der Waals surface area (Å²) in [6.45, 7) is 5.28. The number of amides is 1. The molecule has 0 aromatic carbocycles. The molecule has 0 bridgehead atoms. The van der Waals surface area contributed by atoms with Crippen molar-refractivity contribution < 1.29 is 14.3 Å². The Morgan fingerprint density at radius 3 is 2.78 bits per heavy atom. The highest BCUT2D eigenvalue weighted by Crippen LogP contribution is 2.23. The largest absolute Gasteiger partial charge is 0.465 e. The third-order valence-corrected chi connectivity index (χ3v) is 4.90. The van der Waals surface area contributed by atoms with Crippen LogP contribution < -0.4 is 5.32 Å². The molecule has 1 fully saturated rings. The van der Waals surface area contributed by atoms with Crippen LogP contribution >= 0.6 is 0 Å². The van der Waals surface area contributed by atoms with Crippen molar-refractivity contribution in [1.82, 2.24) is 24.4 Å². The molecule has 1 saturated heterocycles. The maximum Gasteiger partial charge on any atom is 0.407 e. The maximum absolute atomic E-state index is 11.1.